The van der Waals surface area contributed by atoms with Gasteiger partial charge in [0.15, 0.2) is 0 Å². The summed E-state index contributed by atoms with van der Waals surface area (Å²) in [5, 5.41) is 0.665. The molecule has 1 fully saturated rings. The Kier molecular flexibility index (Phi) is 5.43. The van der Waals surface area contributed by atoms with Crippen LogP contribution in [-0.4, -0.2) is 52.7 Å². The molecule has 9 heteroatoms. The van der Waals surface area contributed by atoms with Crippen molar-refractivity contribution in [1.82, 2.24) is 18.8 Å². The fourth-order valence-corrected chi connectivity index (χ4v) is 7.06. The van der Waals surface area contributed by atoms with E-state index < -0.39 is 10.0 Å². The van der Waals surface area contributed by atoms with E-state index in [-0.39, 0.29) is 10.8 Å². The summed E-state index contributed by atoms with van der Waals surface area (Å²) in [5.74, 6) is 0.0257. The second-order valence-electron chi connectivity index (χ2n) is 8.46. The molecule has 0 saturated carbocycles. The highest BCUT2D eigenvalue weighted by atomic mass is 32.2. The largest absolute Gasteiger partial charge is 0.347 e. The molecule has 0 bridgehead atoms. The van der Waals surface area contributed by atoms with E-state index in [1.165, 1.54) is 16.9 Å². The molecule has 1 saturated heterocycles. The standard InChI is InChI=1S/C23H26N4O3S2/c1-16-21(23(28)26-10-5-6-11-26)31-22(24-16)20-13-19(15-25(20)2)32(29,30)27-12-9-17-7-3-4-8-18(17)14-27/h3-4,7-8,13,15H,5-6,9-12,14H2,1-2H3. The lowest BCUT2D eigenvalue weighted by atomic mass is 10.0. The number of likely N-dealkylation sites (tertiary alicyclic amines) is 1. The van der Waals surface area contributed by atoms with Gasteiger partial charge in [0, 0.05) is 39.4 Å². The number of sulfonamides is 1. The average molecular weight is 471 g/mol. The number of amides is 1. The SMILES string of the molecule is Cc1nc(-c2cc(S(=O)(=O)N3CCc4ccccc4C3)cn2C)sc1C(=O)N1CCCC1. The number of hydrogen-bond donors (Lipinski definition) is 0. The summed E-state index contributed by atoms with van der Waals surface area (Å²) in [6.45, 7) is 4.27. The van der Waals surface area contributed by atoms with Gasteiger partial charge in [-0.1, -0.05) is 24.3 Å². The van der Waals surface area contributed by atoms with Crippen LogP contribution in [0.2, 0.25) is 0 Å². The van der Waals surface area contributed by atoms with Crippen molar-refractivity contribution in [2.75, 3.05) is 19.6 Å². The van der Waals surface area contributed by atoms with E-state index >= 15 is 0 Å². The van der Waals surface area contributed by atoms with E-state index in [1.807, 2.05) is 37.1 Å². The van der Waals surface area contributed by atoms with Crippen molar-refractivity contribution >= 4 is 27.3 Å². The van der Waals surface area contributed by atoms with Gasteiger partial charge in [0.1, 0.15) is 14.8 Å². The van der Waals surface area contributed by atoms with Crippen molar-refractivity contribution in [3.05, 3.63) is 58.2 Å². The third kappa shape index (κ3) is 3.68. The second kappa shape index (κ2) is 8.13. The Bertz CT molecular complexity index is 1290. The Labute approximate surface area is 192 Å². The number of aryl methyl sites for hydroxylation is 2. The molecule has 1 amide bonds. The lowest BCUT2D eigenvalue weighted by Crippen LogP contribution is -2.35. The van der Waals surface area contributed by atoms with Gasteiger partial charge in [-0.25, -0.2) is 13.4 Å². The van der Waals surface area contributed by atoms with Crippen LogP contribution < -0.4 is 0 Å². The zero-order valence-corrected chi connectivity index (χ0v) is 19.9. The fourth-order valence-electron chi connectivity index (χ4n) is 4.48. The van der Waals surface area contributed by atoms with Gasteiger partial charge >= 0.3 is 0 Å². The van der Waals surface area contributed by atoms with E-state index in [0.29, 0.717) is 40.8 Å². The first-order valence-electron chi connectivity index (χ1n) is 10.8. The molecular formula is C23H26N4O3S2. The number of thiazole rings is 1. The first kappa shape index (κ1) is 21.4. The van der Waals surface area contributed by atoms with Crippen LogP contribution in [0.5, 0.6) is 0 Å². The highest BCUT2D eigenvalue weighted by molar-refractivity contribution is 7.89. The van der Waals surface area contributed by atoms with Gasteiger partial charge in [0.2, 0.25) is 10.0 Å². The van der Waals surface area contributed by atoms with Crippen LogP contribution in [0.15, 0.2) is 41.4 Å². The monoisotopic (exact) mass is 470 g/mol. The van der Waals surface area contributed by atoms with Crippen molar-refractivity contribution in [3.63, 3.8) is 0 Å². The lowest BCUT2D eigenvalue weighted by molar-refractivity contribution is 0.0796. The number of aromatic nitrogens is 2. The Morgan fingerprint density at radius 1 is 1.09 bits per heavy atom. The van der Waals surface area contributed by atoms with Crippen LogP contribution in [0.4, 0.5) is 0 Å². The lowest BCUT2D eigenvalue weighted by Gasteiger charge is -2.27. The molecule has 0 unspecified atom stereocenters. The van der Waals surface area contributed by atoms with Gasteiger partial charge in [-0.2, -0.15) is 4.31 Å². The van der Waals surface area contributed by atoms with E-state index in [0.717, 1.165) is 31.5 Å². The maximum absolute atomic E-state index is 13.4. The Hall–Kier alpha value is -2.49. The summed E-state index contributed by atoms with van der Waals surface area (Å²) in [7, 11) is -1.81. The van der Waals surface area contributed by atoms with Gasteiger partial charge in [-0.05, 0) is 43.4 Å². The first-order valence-corrected chi connectivity index (χ1v) is 13.1. The zero-order chi connectivity index (χ0) is 22.5. The van der Waals surface area contributed by atoms with E-state index in [4.69, 9.17) is 0 Å². The molecule has 7 nitrogen and oxygen atoms in total. The number of nitrogens with zero attached hydrogens (tertiary/aromatic N) is 4. The molecule has 0 radical (unpaired) electrons. The summed E-state index contributed by atoms with van der Waals surface area (Å²) in [5.41, 5.74) is 3.66. The number of carbonyl (C=O) groups excluding carboxylic acids is 1. The number of fused-ring (bicyclic) bond motifs is 1. The molecular weight excluding hydrogens is 444 g/mol. The summed E-state index contributed by atoms with van der Waals surface area (Å²) in [6.07, 6.45) is 4.43. The zero-order valence-electron chi connectivity index (χ0n) is 18.2. The molecule has 2 aliphatic rings. The molecule has 3 aromatic rings. The van der Waals surface area contributed by atoms with E-state index in [9.17, 15) is 13.2 Å². The van der Waals surface area contributed by atoms with Gasteiger partial charge in [-0.15, -0.1) is 11.3 Å². The third-order valence-corrected chi connectivity index (χ3v) is 9.29. The minimum absolute atomic E-state index is 0.0257. The van der Waals surface area contributed by atoms with Crippen molar-refractivity contribution in [2.24, 2.45) is 7.05 Å². The third-order valence-electron chi connectivity index (χ3n) is 6.32. The number of benzene rings is 1. The summed E-state index contributed by atoms with van der Waals surface area (Å²) in [6, 6.07) is 9.67. The molecule has 2 aliphatic heterocycles. The van der Waals surface area contributed by atoms with Crippen LogP contribution in [0, 0.1) is 6.92 Å². The molecule has 0 spiro atoms. The van der Waals surface area contributed by atoms with Crippen molar-refractivity contribution in [3.8, 4) is 10.7 Å². The number of carbonyl (C=O) groups is 1. The topological polar surface area (TPSA) is 75.5 Å². The second-order valence-corrected chi connectivity index (χ2v) is 11.4. The van der Waals surface area contributed by atoms with Gasteiger partial charge in [0.05, 0.1) is 11.4 Å². The van der Waals surface area contributed by atoms with Crippen LogP contribution in [-0.2, 0) is 30.0 Å². The first-order chi connectivity index (χ1) is 15.3. The Morgan fingerprint density at radius 2 is 1.81 bits per heavy atom. The van der Waals surface area contributed by atoms with Crippen LogP contribution in [0.3, 0.4) is 0 Å². The highest BCUT2D eigenvalue weighted by Gasteiger charge is 2.31. The predicted molar refractivity (Wildman–Crippen MR) is 124 cm³/mol. The number of rotatable bonds is 4. The van der Waals surface area contributed by atoms with Crippen molar-refractivity contribution in [2.45, 2.75) is 37.6 Å². The van der Waals surface area contributed by atoms with Crippen LogP contribution in [0.1, 0.15) is 39.3 Å². The van der Waals surface area contributed by atoms with Crippen LogP contribution >= 0.6 is 11.3 Å². The molecule has 168 valence electrons. The van der Waals surface area contributed by atoms with Crippen molar-refractivity contribution in [1.29, 1.82) is 0 Å². The molecule has 4 heterocycles. The normalized spacial score (nSPS) is 17.0. The summed E-state index contributed by atoms with van der Waals surface area (Å²) >= 11 is 1.34. The fraction of sp³-hybridized carbons (Fsp3) is 0.391. The van der Waals surface area contributed by atoms with Gasteiger partial charge in [0.25, 0.3) is 5.91 Å². The molecule has 32 heavy (non-hydrogen) atoms. The molecule has 0 atom stereocenters. The molecule has 0 aliphatic carbocycles. The van der Waals surface area contributed by atoms with Gasteiger partial charge < -0.3 is 9.47 Å². The predicted octanol–water partition coefficient (Wildman–Crippen LogP) is 3.44. The number of hydrogen-bond acceptors (Lipinski definition) is 5. The highest BCUT2D eigenvalue weighted by Crippen LogP contribution is 2.33. The Balaban J connectivity index is 1.43. The summed E-state index contributed by atoms with van der Waals surface area (Å²) in [4.78, 5) is 20.2. The molecule has 5 rings (SSSR count). The van der Waals surface area contributed by atoms with Gasteiger partial charge in [-0.3, -0.25) is 4.79 Å². The quantitative estimate of drug-likeness (QED) is 0.585. The summed E-state index contributed by atoms with van der Waals surface area (Å²) < 4.78 is 30.1. The average Bonchev–Trinajstić information content (AvgIpc) is 3.53. The maximum Gasteiger partial charge on any atom is 0.265 e. The molecule has 1 aromatic carbocycles. The van der Waals surface area contributed by atoms with Crippen LogP contribution in [0.25, 0.3) is 10.7 Å². The smallest absolute Gasteiger partial charge is 0.265 e. The van der Waals surface area contributed by atoms with E-state index in [2.05, 4.69) is 11.1 Å². The Morgan fingerprint density at radius 3 is 2.56 bits per heavy atom. The minimum atomic E-state index is -3.63. The van der Waals surface area contributed by atoms with Crippen molar-refractivity contribution < 1.29 is 13.2 Å². The maximum atomic E-state index is 13.4. The molecule has 2 aromatic heterocycles. The minimum Gasteiger partial charge on any atom is -0.347 e. The van der Waals surface area contributed by atoms with E-state index in [1.54, 1.807) is 21.1 Å². The molecule has 0 N–H and O–H groups in total.